The Hall–Kier alpha value is -3.95. The summed E-state index contributed by atoms with van der Waals surface area (Å²) in [6, 6.07) is 15.4. The number of halogens is 2. The molecule has 2 aromatic carbocycles. The first kappa shape index (κ1) is 22.3. The van der Waals surface area contributed by atoms with Crippen molar-refractivity contribution in [1.29, 1.82) is 0 Å². The molecule has 0 aliphatic rings. The molecule has 2 heterocycles. The van der Waals surface area contributed by atoms with E-state index >= 15 is 4.39 Å². The van der Waals surface area contributed by atoms with Crippen LogP contribution in [0.1, 0.15) is 22.2 Å². The van der Waals surface area contributed by atoms with Gasteiger partial charge in [-0.3, -0.25) is 14.9 Å². The average molecular weight is 450 g/mol. The van der Waals surface area contributed by atoms with Gasteiger partial charge >= 0.3 is 0 Å². The van der Waals surface area contributed by atoms with Crippen molar-refractivity contribution in [3.63, 3.8) is 0 Å². The van der Waals surface area contributed by atoms with Crippen LogP contribution >= 0.6 is 0 Å². The van der Waals surface area contributed by atoms with Crippen LogP contribution < -0.4 is 5.32 Å². The zero-order chi connectivity index (χ0) is 23.4. The number of amides is 1. The van der Waals surface area contributed by atoms with Crippen LogP contribution in [0, 0.1) is 11.6 Å². The van der Waals surface area contributed by atoms with E-state index in [0.29, 0.717) is 5.56 Å². The van der Waals surface area contributed by atoms with E-state index in [1.807, 2.05) is 0 Å². The van der Waals surface area contributed by atoms with Gasteiger partial charge in [-0.15, -0.1) is 0 Å². The van der Waals surface area contributed by atoms with Crippen LogP contribution in [-0.2, 0) is 0 Å². The lowest BCUT2D eigenvalue weighted by Gasteiger charge is -2.22. The van der Waals surface area contributed by atoms with E-state index in [1.165, 1.54) is 36.5 Å². The Morgan fingerprint density at radius 2 is 1.76 bits per heavy atom. The van der Waals surface area contributed by atoms with Crippen LogP contribution in [0.25, 0.3) is 22.5 Å². The third-order valence-electron chi connectivity index (χ3n) is 5.15. The summed E-state index contributed by atoms with van der Waals surface area (Å²) in [5, 5.41) is 29.4. The molecule has 1 amide bonds. The number of carbonyl (C=O) groups is 1. The third-order valence-corrected chi connectivity index (χ3v) is 5.15. The van der Waals surface area contributed by atoms with E-state index in [9.17, 15) is 19.4 Å². The van der Waals surface area contributed by atoms with E-state index in [0.717, 1.165) is 0 Å². The molecule has 4 rings (SSSR count). The molecule has 0 fully saturated rings. The predicted molar refractivity (Wildman–Crippen MR) is 117 cm³/mol. The smallest absolute Gasteiger partial charge is 0.252 e. The van der Waals surface area contributed by atoms with E-state index in [-0.39, 0.29) is 28.2 Å². The molecule has 4 N–H and O–H groups in total. The molecule has 1 unspecified atom stereocenters. The summed E-state index contributed by atoms with van der Waals surface area (Å²) in [4.78, 5) is 17.1. The number of nitrogens with one attached hydrogen (secondary N) is 2. The summed E-state index contributed by atoms with van der Waals surface area (Å²) in [5.41, 5.74) is 0.963. The molecule has 0 radical (unpaired) electrons. The fourth-order valence-corrected chi connectivity index (χ4v) is 3.43. The third kappa shape index (κ3) is 4.64. The van der Waals surface area contributed by atoms with E-state index in [1.54, 1.807) is 36.4 Å². The number of aromatic amines is 1. The zero-order valence-electron chi connectivity index (χ0n) is 17.2. The molecule has 33 heavy (non-hydrogen) atoms. The maximum Gasteiger partial charge on any atom is 0.252 e. The van der Waals surface area contributed by atoms with Crippen molar-refractivity contribution in [3.8, 4) is 22.5 Å². The van der Waals surface area contributed by atoms with Gasteiger partial charge in [-0.2, -0.15) is 5.10 Å². The highest BCUT2D eigenvalue weighted by atomic mass is 19.1. The van der Waals surface area contributed by atoms with Crippen molar-refractivity contribution in [3.05, 3.63) is 95.8 Å². The average Bonchev–Trinajstić information content (AvgIpc) is 3.24. The van der Waals surface area contributed by atoms with Gasteiger partial charge in [0, 0.05) is 22.9 Å². The Labute approximate surface area is 187 Å². The van der Waals surface area contributed by atoms with Gasteiger partial charge in [-0.25, -0.2) is 8.78 Å². The lowest BCUT2D eigenvalue weighted by molar-refractivity contribution is 0.0689. The van der Waals surface area contributed by atoms with Crippen LogP contribution in [0.4, 0.5) is 8.78 Å². The summed E-state index contributed by atoms with van der Waals surface area (Å²) in [7, 11) is 0. The van der Waals surface area contributed by atoms with Crippen LogP contribution in [0.3, 0.4) is 0 Å². The number of rotatable bonds is 7. The number of hydrogen-bond acceptors (Lipinski definition) is 5. The lowest BCUT2D eigenvalue weighted by Crippen LogP contribution is -2.42. The second-order valence-electron chi connectivity index (χ2n) is 7.28. The molecular weight excluding hydrogens is 430 g/mol. The predicted octanol–water partition coefficient (Wildman–Crippen LogP) is 3.24. The summed E-state index contributed by atoms with van der Waals surface area (Å²) in [6.45, 7) is -0.543. The van der Waals surface area contributed by atoms with Crippen molar-refractivity contribution < 1.29 is 23.8 Å². The summed E-state index contributed by atoms with van der Waals surface area (Å²) in [6.07, 6.45) is 0.241. The van der Waals surface area contributed by atoms with Gasteiger partial charge in [0.05, 0.1) is 18.3 Å². The van der Waals surface area contributed by atoms with E-state index in [2.05, 4.69) is 20.5 Å². The molecule has 2 aromatic heterocycles. The molecule has 0 bridgehead atoms. The fraction of sp³-hybridized carbons (Fsp3) is 0.125. The highest BCUT2D eigenvalue weighted by Crippen LogP contribution is 2.31. The molecule has 9 heteroatoms. The van der Waals surface area contributed by atoms with Crippen molar-refractivity contribution in [2.24, 2.45) is 0 Å². The molecule has 2 atom stereocenters. The molecule has 0 aliphatic carbocycles. The normalized spacial score (nSPS) is 12.8. The lowest BCUT2D eigenvalue weighted by atomic mass is 10.0. The molecule has 0 saturated heterocycles. The number of pyridine rings is 1. The monoisotopic (exact) mass is 450 g/mol. The molecule has 7 nitrogen and oxygen atoms in total. The number of nitrogens with zero attached hydrogens (tertiary/aromatic N) is 2. The van der Waals surface area contributed by atoms with Crippen LogP contribution in [-0.4, -0.2) is 44.0 Å². The molecule has 0 spiro atoms. The van der Waals surface area contributed by atoms with Crippen molar-refractivity contribution >= 4 is 5.91 Å². The fourth-order valence-electron chi connectivity index (χ4n) is 3.43. The topological polar surface area (TPSA) is 111 Å². The second-order valence-corrected chi connectivity index (χ2v) is 7.28. The number of aliphatic hydroxyl groups excluding tert-OH is 2. The number of hydrogen-bond donors (Lipinski definition) is 4. The Morgan fingerprint density at radius 1 is 1.03 bits per heavy atom. The number of H-pyrrole nitrogens is 1. The molecule has 0 aliphatic heterocycles. The standard InChI is InChI=1S/C24H20F2N4O3/c25-15-10-8-14(9-11-15)21-20(26)22(30-29-21)16-5-1-2-6-17(16)24(33)28-19(13-31)23(32)18-7-3-4-12-27-18/h1-12,19,23,31-32H,13H2,(H,28,33)(H,29,30)/t19-,23?/m0/s1. The van der Waals surface area contributed by atoms with Crippen LogP contribution in [0.15, 0.2) is 72.9 Å². The number of aliphatic hydroxyl groups is 2. The van der Waals surface area contributed by atoms with E-state index < -0.39 is 36.3 Å². The maximum absolute atomic E-state index is 15.2. The van der Waals surface area contributed by atoms with Gasteiger partial charge in [-0.1, -0.05) is 24.3 Å². The van der Waals surface area contributed by atoms with Crippen molar-refractivity contribution in [1.82, 2.24) is 20.5 Å². The number of aromatic nitrogens is 3. The summed E-state index contributed by atoms with van der Waals surface area (Å²) in [5.74, 6) is -1.78. The molecule has 4 aromatic rings. The largest absolute Gasteiger partial charge is 0.394 e. The minimum atomic E-state index is -1.25. The Bertz CT molecular complexity index is 1250. The summed E-state index contributed by atoms with van der Waals surface area (Å²) < 4.78 is 28.4. The first-order valence-corrected chi connectivity index (χ1v) is 10.1. The van der Waals surface area contributed by atoms with Crippen LogP contribution in [0.2, 0.25) is 0 Å². The van der Waals surface area contributed by atoms with Gasteiger partial charge < -0.3 is 15.5 Å². The highest BCUT2D eigenvalue weighted by Gasteiger charge is 2.26. The van der Waals surface area contributed by atoms with Gasteiger partial charge in [0.15, 0.2) is 5.82 Å². The van der Waals surface area contributed by atoms with Crippen LogP contribution in [0.5, 0.6) is 0 Å². The van der Waals surface area contributed by atoms with E-state index in [4.69, 9.17) is 0 Å². The zero-order valence-corrected chi connectivity index (χ0v) is 17.2. The Morgan fingerprint density at radius 3 is 2.45 bits per heavy atom. The molecule has 168 valence electrons. The van der Waals surface area contributed by atoms with Gasteiger partial charge in [0.25, 0.3) is 5.91 Å². The maximum atomic E-state index is 15.2. The molecule has 0 saturated carbocycles. The summed E-state index contributed by atoms with van der Waals surface area (Å²) >= 11 is 0. The van der Waals surface area contributed by atoms with Crippen molar-refractivity contribution in [2.75, 3.05) is 6.61 Å². The van der Waals surface area contributed by atoms with Gasteiger partial charge in [-0.05, 0) is 42.5 Å². The Balaban J connectivity index is 1.63. The van der Waals surface area contributed by atoms with Gasteiger partial charge in [0.1, 0.15) is 23.3 Å². The quantitative estimate of drug-likeness (QED) is 0.346. The first-order valence-electron chi connectivity index (χ1n) is 10.1. The SMILES string of the molecule is O=C(N[C@@H](CO)C(O)c1ccccn1)c1ccccc1-c1[nH]nc(-c2ccc(F)cc2)c1F. The number of benzene rings is 2. The Kier molecular flexibility index (Phi) is 6.53. The van der Waals surface area contributed by atoms with Crippen molar-refractivity contribution in [2.45, 2.75) is 12.1 Å². The minimum absolute atomic E-state index is 0.0148. The highest BCUT2D eigenvalue weighted by molar-refractivity contribution is 6.01. The minimum Gasteiger partial charge on any atom is -0.394 e. The van der Waals surface area contributed by atoms with Gasteiger partial charge in [0.2, 0.25) is 0 Å². The number of carbonyl (C=O) groups excluding carboxylic acids is 1. The first-order chi connectivity index (χ1) is 16.0. The second kappa shape index (κ2) is 9.68. The molecular formula is C24H20F2N4O3.